The van der Waals surface area contributed by atoms with Crippen molar-refractivity contribution < 1.29 is 9.53 Å². The minimum absolute atomic E-state index is 0.191. The Bertz CT molecular complexity index is 1440. The lowest BCUT2D eigenvalue weighted by molar-refractivity contribution is -0.137. The second kappa shape index (κ2) is 9.85. The van der Waals surface area contributed by atoms with Crippen LogP contribution in [0.5, 0.6) is 0 Å². The van der Waals surface area contributed by atoms with E-state index in [0.717, 1.165) is 55.7 Å². The van der Waals surface area contributed by atoms with Crippen LogP contribution in [0.4, 0.5) is 0 Å². The third kappa shape index (κ3) is 4.27. The molecular weight excluding hydrogens is 484 g/mol. The van der Waals surface area contributed by atoms with Crippen molar-refractivity contribution in [2.75, 3.05) is 32.8 Å². The first kappa shape index (κ1) is 24.6. The zero-order valence-electron chi connectivity index (χ0n) is 22.1. The summed E-state index contributed by atoms with van der Waals surface area (Å²) < 4.78 is 7.39. The van der Waals surface area contributed by atoms with Gasteiger partial charge in [-0.25, -0.2) is 9.50 Å². The molecule has 0 radical (unpaired) electrons. The average Bonchev–Trinajstić information content (AvgIpc) is 3.62. The lowest BCUT2D eigenvalue weighted by Gasteiger charge is -2.35. The lowest BCUT2D eigenvalue weighted by atomic mass is 9.89. The number of hydrogen-bond donors (Lipinski definition) is 2. The van der Waals surface area contributed by atoms with Crippen LogP contribution in [0.15, 0.2) is 18.6 Å². The Labute approximate surface area is 221 Å². The summed E-state index contributed by atoms with van der Waals surface area (Å²) >= 11 is 1.92. The van der Waals surface area contributed by atoms with Gasteiger partial charge < -0.3 is 19.9 Å². The van der Waals surface area contributed by atoms with Gasteiger partial charge in [-0.05, 0) is 60.8 Å². The summed E-state index contributed by atoms with van der Waals surface area (Å²) in [6.45, 7) is 12.5. The molecule has 0 saturated carbocycles. The highest BCUT2D eigenvalue weighted by Crippen LogP contribution is 2.46. The summed E-state index contributed by atoms with van der Waals surface area (Å²) in [7, 11) is 0. The van der Waals surface area contributed by atoms with E-state index in [0.29, 0.717) is 25.0 Å². The van der Waals surface area contributed by atoms with E-state index in [1.54, 1.807) is 6.33 Å². The molecule has 0 bridgehead atoms. The van der Waals surface area contributed by atoms with Crippen molar-refractivity contribution in [3.8, 4) is 11.3 Å². The molecule has 4 aromatic rings. The molecule has 0 aliphatic carbocycles. The molecule has 2 aliphatic heterocycles. The fraction of sp³-hybridized carbons (Fsp3) is 0.536. The van der Waals surface area contributed by atoms with Crippen molar-refractivity contribution in [1.82, 2.24) is 29.8 Å². The summed E-state index contributed by atoms with van der Waals surface area (Å²) in [6.07, 6.45) is 6.74. The third-order valence-electron chi connectivity index (χ3n) is 7.99. The molecule has 6 rings (SSSR count). The highest BCUT2D eigenvalue weighted by atomic mass is 32.1. The lowest BCUT2D eigenvalue weighted by Crippen LogP contribution is -2.53. The number of carbonyl (C=O) groups excluding carboxylic acids is 1. The minimum atomic E-state index is -0.191. The first-order valence-electron chi connectivity index (χ1n) is 13.5. The monoisotopic (exact) mass is 520 g/mol. The number of rotatable bonds is 5. The van der Waals surface area contributed by atoms with Crippen LogP contribution in [0.1, 0.15) is 67.0 Å². The number of ether oxygens (including phenoxy) is 1. The van der Waals surface area contributed by atoms with Crippen LogP contribution in [0.25, 0.3) is 27.1 Å². The van der Waals surface area contributed by atoms with Gasteiger partial charge in [0.15, 0.2) is 5.65 Å². The van der Waals surface area contributed by atoms with Crippen molar-refractivity contribution in [1.29, 1.82) is 0 Å². The number of piperidine rings is 1. The number of hydrogen-bond acceptors (Lipinski definition) is 6. The minimum Gasteiger partial charge on any atom is -0.378 e. The van der Waals surface area contributed by atoms with E-state index in [2.05, 4.69) is 60.3 Å². The second-order valence-corrected chi connectivity index (χ2v) is 11.7. The predicted octanol–water partition coefficient (Wildman–Crippen LogP) is 4.63. The maximum absolute atomic E-state index is 13.0. The van der Waals surface area contributed by atoms with Gasteiger partial charge in [0.2, 0.25) is 5.91 Å². The SMILES string of the molecule is CCc1c(C2CCN(C(=O)[C@@H]3COCCN3)CC2)sc2[nH]c(-c3cc(C)c4ncnn4c3)c(C(C)C)c12. The Hall–Kier alpha value is -2.75. The largest absolute Gasteiger partial charge is 0.378 e. The number of aromatic amines is 1. The first-order chi connectivity index (χ1) is 18.0. The van der Waals surface area contributed by atoms with E-state index in [1.165, 1.54) is 31.9 Å². The molecule has 0 unspecified atom stereocenters. The Morgan fingerprint density at radius 3 is 2.81 bits per heavy atom. The quantitative estimate of drug-likeness (QED) is 0.401. The number of pyridine rings is 1. The number of aromatic nitrogens is 4. The van der Waals surface area contributed by atoms with E-state index >= 15 is 0 Å². The smallest absolute Gasteiger partial charge is 0.242 e. The molecule has 2 N–H and O–H groups in total. The molecule has 8 nitrogen and oxygen atoms in total. The van der Waals surface area contributed by atoms with Gasteiger partial charge in [-0.2, -0.15) is 5.10 Å². The number of thiophene rings is 1. The number of morpholine rings is 1. The van der Waals surface area contributed by atoms with E-state index in [1.807, 2.05) is 20.8 Å². The molecule has 1 atom stereocenters. The topological polar surface area (TPSA) is 87.5 Å². The third-order valence-corrected chi connectivity index (χ3v) is 9.30. The molecule has 0 aromatic carbocycles. The molecule has 2 fully saturated rings. The maximum atomic E-state index is 13.0. The molecule has 2 saturated heterocycles. The standard InChI is InChI=1S/C28H36N6O2S/c1-5-20-23-22(16(2)3)24(19-12-17(4)26-30-15-31-34(26)13-19)32-27(23)37-25(20)18-6-9-33(10-7-18)28(35)21-14-36-11-8-29-21/h12-13,15-16,18,21,29,32H,5-11,14H2,1-4H3/t21-/m0/s1. The number of amides is 1. The second-order valence-electron chi connectivity index (χ2n) is 10.7. The summed E-state index contributed by atoms with van der Waals surface area (Å²) in [6, 6.07) is 2.03. The summed E-state index contributed by atoms with van der Waals surface area (Å²) in [5.41, 5.74) is 7.24. The number of nitrogens with one attached hydrogen (secondary N) is 2. The summed E-state index contributed by atoms with van der Waals surface area (Å²) in [4.78, 5) is 26.0. The van der Waals surface area contributed by atoms with Gasteiger partial charge in [-0.1, -0.05) is 20.8 Å². The number of likely N-dealkylation sites (tertiary alicyclic amines) is 1. The number of H-pyrrole nitrogens is 1. The molecule has 9 heteroatoms. The van der Waals surface area contributed by atoms with Gasteiger partial charge >= 0.3 is 0 Å². The normalized spacial score (nSPS) is 19.5. The van der Waals surface area contributed by atoms with Gasteiger partial charge in [-0.3, -0.25) is 4.79 Å². The van der Waals surface area contributed by atoms with E-state index < -0.39 is 0 Å². The van der Waals surface area contributed by atoms with E-state index in [-0.39, 0.29) is 11.9 Å². The fourth-order valence-electron chi connectivity index (χ4n) is 6.18. The van der Waals surface area contributed by atoms with Gasteiger partial charge in [0, 0.05) is 41.7 Å². The number of aryl methyl sites for hydroxylation is 2. The zero-order chi connectivity index (χ0) is 25.7. The highest BCUT2D eigenvalue weighted by molar-refractivity contribution is 7.19. The van der Waals surface area contributed by atoms with Crippen LogP contribution in [-0.2, 0) is 16.0 Å². The Morgan fingerprint density at radius 1 is 1.30 bits per heavy atom. The average molecular weight is 521 g/mol. The number of carbonyl (C=O) groups is 1. The Balaban J connectivity index is 1.31. The van der Waals surface area contributed by atoms with Crippen molar-refractivity contribution in [2.45, 2.75) is 64.8 Å². The molecule has 0 spiro atoms. The van der Waals surface area contributed by atoms with E-state index in [4.69, 9.17) is 4.74 Å². The van der Waals surface area contributed by atoms with Crippen molar-refractivity contribution in [2.24, 2.45) is 0 Å². The van der Waals surface area contributed by atoms with Crippen molar-refractivity contribution >= 4 is 33.1 Å². The Morgan fingerprint density at radius 2 is 2.11 bits per heavy atom. The number of nitrogens with zero attached hydrogens (tertiary/aromatic N) is 4. The molecule has 196 valence electrons. The van der Waals surface area contributed by atoms with Crippen LogP contribution in [0, 0.1) is 6.92 Å². The van der Waals surface area contributed by atoms with Crippen molar-refractivity contribution in [3.63, 3.8) is 0 Å². The summed E-state index contributed by atoms with van der Waals surface area (Å²) in [5, 5.41) is 9.11. The van der Waals surface area contributed by atoms with Crippen LogP contribution in [-0.4, -0.2) is 69.3 Å². The van der Waals surface area contributed by atoms with E-state index in [9.17, 15) is 4.79 Å². The molecule has 6 heterocycles. The van der Waals surface area contributed by atoms with Gasteiger partial charge in [0.05, 0.1) is 18.9 Å². The maximum Gasteiger partial charge on any atom is 0.242 e. The molecular formula is C28H36N6O2S. The number of fused-ring (bicyclic) bond motifs is 2. The van der Waals surface area contributed by atoms with Gasteiger partial charge in [0.1, 0.15) is 17.2 Å². The fourth-order valence-corrected chi connectivity index (χ4v) is 7.66. The summed E-state index contributed by atoms with van der Waals surface area (Å²) in [5.74, 6) is 1.07. The van der Waals surface area contributed by atoms with Gasteiger partial charge in [0.25, 0.3) is 0 Å². The van der Waals surface area contributed by atoms with Crippen LogP contribution >= 0.6 is 11.3 Å². The van der Waals surface area contributed by atoms with Crippen LogP contribution in [0.2, 0.25) is 0 Å². The van der Waals surface area contributed by atoms with Crippen LogP contribution < -0.4 is 5.32 Å². The zero-order valence-corrected chi connectivity index (χ0v) is 23.0. The first-order valence-corrected chi connectivity index (χ1v) is 14.3. The molecule has 4 aromatic heterocycles. The van der Waals surface area contributed by atoms with Crippen molar-refractivity contribution in [3.05, 3.63) is 40.2 Å². The molecule has 37 heavy (non-hydrogen) atoms. The van der Waals surface area contributed by atoms with Crippen LogP contribution in [0.3, 0.4) is 0 Å². The molecule has 1 amide bonds. The molecule has 2 aliphatic rings. The highest BCUT2D eigenvalue weighted by Gasteiger charge is 2.32. The van der Waals surface area contributed by atoms with Gasteiger partial charge in [-0.15, -0.1) is 11.3 Å². The Kier molecular flexibility index (Phi) is 6.54. The predicted molar refractivity (Wildman–Crippen MR) is 148 cm³/mol.